The van der Waals surface area contributed by atoms with Gasteiger partial charge in [0.15, 0.2) is 24.4 Å². The molecule has 1 aliphatic rings. The van der Waals surface area contributed by atoms with Gasteiger partial charge < -0.3 is 28.4 Å². The molecule has 3 unspecified atom stereocenters. The lowest BCUT2D eigenvalue weighted by Crippen LogP contribution is -2.63. The van der Waals surface area contributed by atoms with Crippen molar-refractivity contribution in [2.24, 2.45) is 0 Å². The van der Waals surface area contributed by atoms with Crippen LogP contribution in [0.25, 0.3) is 0 Å². The standard InChI is InChI=1S/C24H29BrO11/c1-11-9-17(25)7-8-18(11)20(32-13(3)27)22-24(35-16(6)30)23(34-15(5)29)21(33-14(4)28)19(36-22)10-31-12(2)26/h7-9,19-24H,10H2,1-6H3/t19?,20-,21?,22-,23-,24?/m1/s1. The molecule has 1 aromatic carbocycles. The van der Waals surface area contributed by atoms with E-state index in [0.29, 0.717) is 11.1 Å². The Hall–Kier alpha value is -2.99. The summed E-state index contributed by atoms with van der Waals surface area (Å²) in [6.07, 6.45) is -7.59. The molecule has 0 saturated carbocycles. The zero-order chi connectivity index (χ0) is 27.2. The number of benzene rings is 1. The van der Waals surface area contributed by atoms with Crippen molar-refractivity contribution in [1.29, 1.82) is 0 Å². The molecule has 0 N–H and O–H groups in total. The van der Waals surface area contributed by atoms with Gasteiger partial charge in [-0.3, -0.25) is 24.0 Å². The molecule has 6 atom stereocenters. The summed E-state index contributed by atoms with van der Waals surface area (Å²) in [7, 11) is 0. The van der Waals surface area contributed by atoms with E-state index in [2.05, 4.69) is 15.9 Å². The average molecular weight is 573 g/mol. The Labute approximate surface area is 216 Å². The third-order valence-electron chi connectivity index (χ3n) is 5.16. The molecule has 1 saturated heterocycles. The minimum atomic E-state index is -1.37. The van der Waals surface area contributed by atoms with Gasteiger partial charge in [-0.2, -0.15) is 0 Å². The topological polar surface area (TPSA) is 141 Å². The van der Waals surface area contributed by atoms with Crippen LogP contribution in [-0.2, 0) is 52.4 Å². The van der Waals surface area contributed by atoms with Crippen LogP contribution in [-0.4, -0.2) is 67.0 Å². The summed E-state index contributed by atoms with van der Waals surface area (Å²) < 4.78 is 34.0. The van der Waals surface area contributed by atoms with E-state index < -0.39 is 66.5 Å². The molecule has 198 valence electrons. The fraction of sp³-hybridized carbons (Fsp3) is 0.542. The summed E-state index contributed by atoms with van der Waals surface area (Å²) in [5.74, 6) is -3.54. The highest BCUT2D eigenvalue weighted by Gasteiger charge is 2.55. The molecule has 0 bridgehead atoms. The van der Waals surface area contributed by atoms with Gasteiger partial charge in [-0.1, -0.05) is 22.0 Å². The monoisotopic (exact) mass is 572 g/mol. The molecule has 2 rings (SSSR count). The smallest absolute Gasteiger partial charge is 0.303 e. The van der Waals surface area contributed by atoms with Crippen molar-refractivity contribution in [1.82, 2.24) is 0 Å². The molecule has 36 heavy (non-hydrogen) atoms. The second-order valence-electron chi connectivity index (χ2n) is 8.19. The van der Waals surface area contributed by atoms with Gasteiger partial charge in [0.05, 0.1) is 0 Å². The van der Waals surface area contributed by atoms with E-state index in [0.717, 1.165) is 25.2 Å². The van der Waals surface area contributed by atoms with Crippen molar-refractivity contribution in [3.63, 3.8) is 0 Å². The Balaban J connectivity index is 2.69. The van der Waals surface area contributed by atoms with E-state index >= 15 is 0 Å². The van der Waals surface area contributed by atoms with E-state index in [1.54, 1.807) is 25.1 Å². The Kier molecular flexibility index (Phi) is 10.4. The molecular formula is C24H29BrO11. The maximum absolute atomic E-state index is 12.1. The van der Waals surface area contributed by atoms with E-state index in [9.17, 15) is 24.0 Å². The van der Waals surface area contributed by atoms with Crippen LogP contribution in [0.5, 0.6) is 0 Å². The van der Waals surface area contributed by atoms with Crippen molar-refractivity contribution in [3.05, 3.63) is 33.8 Å². The SMILES string of the molecule is CC(=O)OCC1O[C@H]([C@H](OC(C)=O)c2ccc(Br)cc2C)C(OC(C)=O)[C@H](OC(C)=O)C1OC(C)=O. The van der Waals surface area contributed by atoms with E-state index in [1.807, 2.05) is 0 Å². The third kappa shape index (κ3) is 8.02. The largest absolute Gasteiger partial charge is 0.463 e. The van der Waals surface area contributed by atoms with Gasteiger partial charge in [0.2, 0.25) is 0 Å². The van der Waals surface area contributed by atoms with Crippen LogP contribution in [0.1, 0.15) is 51.8 Å². The number of halogens is 1. The first kappa shape index (κ1) is 29.2. The first-order valence-corrected chi connectivity index (χ1v) is 11.8. The van der Waals surface area contributed by atoms with Crippen LogP contribution >= 0.6 is 15.9 Å². The minimum Gasteiger partial charge on any atom is -0.463 e. The van der Waals surface area contributed by atoms with Crippen LogP contribution in [0.4, 0.5) is 0 Å². The second-order valence-corrected chi connectivity index (χ2v) is 9.11. The second kappa shape index (κ2) is 12.8. The number of aryl methyl sites for hydroxylation is 1. The van der Waals surface area contributed by atoms with Gasteiger partial charge in [-0.15, -0.1) is 0 Å². The van der Waals surface area contributed by atoms with Crippen LogP contribution in [0.2, 0.25) is 0 Å². The van der Waals surface area contributed by atoms with Crippen molar-refractivity contribution >= 4 is 45.8 Å². The lowest BCUT2D eigenvalue weighted by Gasteiger charge is -2.46. The zero-order valence-electron chi connectivity index (χ0n) is 20.8. The number of hydrogen-bond donors (Lipinski definition) is 0. The van der Waals surface area contributed by atoms with Crippen LogP contribution in [0.3, 0.4) is 0 Å². The lowest BCUT2D eigenvalue weighted by atomic mass is 9.87. The highest BCUT2D eigenvalue weighted by atomic mass is 79.9. The summed E-state index contributed by atoms with van der Waals surface area (Å²) >= 11 is 3.39. The highest BCUT2D eigenvalue weighted by Crippen LogP contribution is 2.38. The number of esters is 5. The van der Waals surface area contributed by atoms with Gasteiger partial charge in [-0.05, 0) is 30.2 Å². The van der Waals surface area contributed by atoms with E-state index in [4.69, 9.17) is 28.4 Å². The van der Waals surface area contributed by atoms with Crippen molar-refractivity contribution in [2.45, 2.75) is 78.2 Å². The van der Waals surface area contributed by atoms with Crippen LogP contribution in [0.15, 0.2) is 22.7 Å². The molecule has 12 heteroatoms. The summed E-state index contributed by atoms with van der Waals surface area (Å²) in [5.41, 5.74) is 1.23. The number of rotatable bonds is 8. The molecule has 1 fully saturated rings. The summed E-state index contributed by atoms with van der Waals surface area (Å²) in [6, 6.07) is 5.21. The quantitative estimate of drug-likeness (QED) is 0.335. The summed E-state index contributed by atoms with van der Waals surface area (Å²) in [6.45, 7) is 7.17. The van der Waals surface area contributed by atoms with Crippen molar-refractivity contribution in [2.75, 3.05) is 6.61 Å². The Morgan fingerprint density at radius 2 is 1.39 bits per heavy atom. The predicted octanol–water partition coefficient (Wildman–Crippen LogP) is 2.49. The fourth-order valence-corrected chi connectivity index (χ4v) is 4.43. The lowest BCUT2D eigenvalue weighted by molar-refractivity contribution is -0.268. The molecule has 11 nitrogen and oxygen atoms in total. The van der Waals surface area contributed by atoms with Crippen LogP contribution < -0.4 is 0 Å². The molecule has 1 heterocycles. The minimum absolute atomic E-state index is 0.388. The average Bonchev–Trinajstić information content (AvgIpc) is 2.73. The molecule has 0 spiro atoms. The third-order valence-corrected chi connectivity index (χ3v) is 5.65. The molecule has 0 amide bonds. The molecular weight excluding hydrogens is 544 g/mol. The highest BCUT2D eigenvalue weighted by molar-refractivity contribution is 9.10. The van der Waals surface area contributed by atoms with Gasteiger partial charge in [-0.25, -0.2) is 0 Å². The normalized spacial score (nSPS) is 24.1. The molecule has 0 radical (unpaired) electrons. The van der Waals surface area contributed by atoms with Crippen molar-refractivity contribution < 1.29 is 52.4 Å². The predicted molar refractivity (Wildman–Crippen MR) is 125 cm³/mol. The first-order chi connectivity index (χ1) is 16.8. The Morgan fingerprint density at radius 3 is 1.89 bits per heavy atom. The van der Waals surface area contributed by atoms with Gasteiger partial charge in [0, 0.05) is 39.1 Å². The first-order valence-electron chi connectivity index (χ1n) is 11.0. The summed E-state index contributed by atoms with van der Waals surface area (Å²) in [5, 5.41) is 0. The maximum Gasteiger partial charge on any atom is 0.303 e. The number of carbonyl (C=O) groups is 5. The summed E-state index contributed by atoms with van der Waals surface area (Å²) in [4.78, 5) is 59.7. The Bertz CT molecular complexity index is 1010. The van der Waals surface area contributed by atoms with Crippen LogP contribution in [0, 0.1) is 6.92 Å². The molecule has 1 aromatic rings. The number of ether oxygens (including phenoxy) is 6. The Morgan fingerprint density at radius 1 is 0.833 bits per heavy atom. The fourth-order valence-electron chi connectivity index (χ4n) is 3.95. The van der Waals surface area contributed by atoms with Gasteiger partial charge in [0.25, 0.3) is 0 Å². The van der Waals surface area contributed by atoms with E-state index in [-0.39, 0.29) is 6.61 Å². The van der Waals surface area contributed by atoms with E-state index in [1.165, 1.54) is 13.8 Å². The molecule has 0 aliphatic carbocycles. The van der Waals surface area contributed by atoms with Gasteiger partial charge >= 0.3 is 29.8 Å². The maximum atomic E-state index is 12.1. The van der Waals surface area contributed by atoms with Gasteiger partial charge in [0.1, 0.15) is 18.8 Å². The molecule has 0 aromatic heterocycles. The number of hydrogen-bond acceptors (Lipinski definition) is 11. The number of carbonyl (C=O) groups excluding carboxylic acids is 5. The van der Waals surface area contributed by atoms with Crippen molar-refractivity contribution in [3.8, 4) is 0 Å². The zero-order valence-corrected chi connectivity index (χ0v) is 22.4. The molecule has 1 aliphatic heterocycles.